The van der Waals surface area contributed by atoms with Crippen molar-refractivity contribution in [3.8, 4) is 0 Å². The van der Waals surface area contributed by atoms with Gasteiger partial charge in [0.05, 0.1) is 0 Å². The maximum atomic E-state index is 5.73. The van der Waals surface area contributed by atoms with Crippen molar-refractivity contribution < 1.29 is 0 Å². The van der Waals surface area contributed by atoms with Gasteiger partial charge < -0.3 is 10.6 Å². The number of nitrogens with zero attached hydrogens (tertiary/aromatic N) is 2. The summed E-state index contributed by atoms with van der Waals surface area (Å²) in [6.45, 7) is 9.14. The molecule has 1 saturated heterocycles. The lowest BCUT2D eigenvalue weighted by atomic mass is 10.0. The Kier molecular flexibility index (Phi) is 6.32. The molecule has 0 radical (unpaired) electrons. The van der Waals surface area contributed by atoms with Crippen LogP contribution in [0.15, 0.2) is 0 Å². The van der Waals surface area contributed by atoms with Gasteiger partial charge in [0.15, 0.2) is 0 Å². The third kappa shape index (κ3) is 3.72. The van der Waals surface area contributed by atoms with Crippen LogP contribution in [-0.2, 0) is 0 Å². The summed E-state index contributed by atoms with van der Waals surface area (Å²) in [5.41, 5.74) is 5.73. The Labute approximate surface area is 101 Å². The van der Waals surface area contributed by atoms with Crippen molar-refractivity contribution in [2.45, 2.75) is 51.6 Å². The summed E-state index contributed by atoms with van der Waals surface area (Å²) in [5, 5.41) is 0. The smallest absolute Gasteiger partial charge is 0.0223 e. The van der Waals surface area contributed by atoms with Crippen molar-refractivity contribution in [3.05, 3.63) is 0 Å². The fraction of sp³-hybridized carbons (Fsp3) is 1.00. The molecule has 0 amide bonds. The van der Waals surface area contributed by atoms with Gasteiger partial charge in [-0.3, -0.25) is 4.90 Å². The van der Waals surface area contributed by atoms with Crippen LogP contribution in [0.2, 0.25) is 0 Å². The van der Waals surface area contributed by atoms with Crippen LogP contribution in [0.25, 0.3) is 0 Å². The van der Waals surface area contributed by atoms with Gasteiger partial charge in [-0.1, -0.05) is 13.8 Å². The molecule has 16 heavy (non-hydrogen) atoms. The molecule has 1 rings (SSSR count). The van der Waals surface area contributed by atoms with Gasteiger partial charge in [-0.05, 0) is 52.4 Å². The van der Waals surface area contributed by atoms with Gasteiger partial charge in [0.2, 0.25) is 0 Å². The molecule has 1 aliphatic rings. The van der Waals surface area contributed by atoms with E-state index >= 15 is 0 Å². The van der Waals surface area contributed by atoms with Crippen molar-refractivity contribution in [3.63, 3.8) is 0 Å². The maximum Gasteiger partial charge on any atom is 0.0223 e. The highest BCUT2D eigenvalue weighted by Gasteiger charge is 2.26. The van der Waals surface area contributed by atoms with Gasteiger partial charge >= 0.3 is 0 Å². The zero-order chi connectivity index (χ0) is 12.0. The first-order valence-electron chi connectivity index (χ1n) is 6.87. The summed E-state index contributed by atoms with van der Waals surface area (Å²) in [6.07, 6.45) is 4.94. The van der Waals surface area contributed by atoms with Crippen LogP contribution in [-0.4, -0.2) is 55.1 Å². The minimum absolute atomic E-state index is 0.696. The van der Waals surface area contributed by atoms with Crippen molar-refractivity contribution in [2.75, 3.05) is 33.2 Å². The Bertz CT molecular complexity index is 184. The lowest BCUT2D eigenvalue weighted by Crippen LogP contribution is -2.46. The Balaban J connectivity index is 2.65. The van der Waals surface area contributed by atoms with Gasteiger partial charge in [-0.2, -0.15) is 0 Å². The molecule has 1 heterocycles. The van der Waals surface area contributed by atoms with E-state index in [4.69, 9.17) is 5.73 Å². The number of rotatable bonds is 5. The maximum absolute atomic E-state index is 5.73. The molecule has 0 saturated carbocycles. The van der Waals surface area contributed by atoms with Crippen LogP contribution < -0.4 is 5.73 Å². The highest BCUT2D eigenvalue weighted by Crippen LogP contribution is 2.18. The zero-order valence-electron chi connectivity index (χ0n) is 11.3. The van der Waals surface area contributed by atoms with E-state index in [9.17, 15) is 0 Å². The van der Waals surface area contributed by atoms with Gasteiger partial charge in [0.1, 0.15) is 0 Å². The molecule has 0 aromatic carbocycles. The van der Waals surface area contributed by atoms with Crippen LogP contribution in [0.3, 0.4) is 0 Å². The summed E-state index contributed by atoms with van der Waals surface area (Å²) < 4.78 is 0. The standard InChI is InChI=1S/C13H29N3/c1-4-12(7-8-14)16-10-6-9-15(3)11-13(16)5-2/h12-13H,4-11,14H2,1-3H3. The van der Waals surface area contributed by atoms with E-state index in [1.165, 1.54) is 38.9 Å². The largest absolute Gasteiger partial charge is 0.330 e. The van der Waals surface area contributed by atoms with E-state index in [1.54, 1.807) is 0 Å². The molecule has 0 aliphatic carbocycles. The molecule has 0 bridgehead atoms. The first-order valence-corrected chi connectivity index (χ1v) is 6.87. The molecule has 3 heteroatoms. The Hall–Kier alpha value is -0.120. The zero-order valence-corrected chi connectivity index (χ0v) is 11.3. The summed E-state index contributed by atoms with van der Waals surface area (Å²) in [7, 11) is 2.25. The highest BCUT2D eigenvalue weighted by molar-refractivity contribution is 4.83. The van der Waals surface area contributed by atoms with Gasteiger partial charge in [0, 0.05) is 18.6 Å². The average molecular weight is 227 g/mol. The van der Waals surface area contributed by atoms with Gasteiger partial charge in [-0.25, -0.2) is 0 Å². The highest BCUT2D eigenvalue weighted by atomic mass is 15.2. The number of nitrogens with two attached hydrogens (primary N) is 1. The van der Waals surface area contributed by atoms with Crippen LogP contribution >= 0.6 is 0 Å². The molecule has 1 aliphatic heterocycles. The molecule has 3 nitrogen and oxygen atoms in total. The third-order valence-electron chi connectivity index (χ3n) is 3.86. The van der Waals surface area contributed by atoms with Crippen LogP contribution in [0.4, 0.5) is 0 Å². The molecular formula is C13H29N3. The summed E-state index contributed by atoms with van der Waals surface area (Å²) >= 11 is 0. The average Bonchev–Trinajstić information content (AvgIpc) is 2.47. The molecule has 2 N–H and O–H groups in total. The number of hydrogen-bond donors (Lipinski definition) is 1. The molecule has 1 fully saturated rings. The predicted octanol–water partition coefficient (Wildman–Crippen LogP) is 1.53. The number of hydrogen-bond acceptors (Lipinski definition) is 3. The van der Waals surface area contributed by atoms with E-state index in [2.05, 4.69) is 30.7 Å². The van der Waals surface area contributed by atoms with Crippen molar-refractivity contribution >= 4 is 0 Å². The van der Waals surface area contributed by atoms with Gasteiger partial charge in [-0.15, -0.1) is 0 Å². The van der Waals surface area contributed by atoms with Crippen molar-refractivity contribution in [1.82, 2.24) is 9.80 Å². The van der Waals surface area contributed by atoms with E-state index in [0.29, 0.717) is 6.04 Å². The minimum Gasteiger partial charge on any atom is -0.330 e. The Morgan fingerprint density at radius 1 is 1.31 bits per heavy atom. The molecule has 0 aromatic heterocycles. The van der Waals surface area contributed by atoms with E-state index in [1.807, 2.05) is 0 Å². The SMILES string of the molecule is CCC(CCN)N1CCCN(C)CC1CC. The molecule has 2 unspecified atom stereocenters. The second-order valence-electron chi connectivity index (χ2n) is 5.06. The third-order valence-corrected chi connectivity index (χ3v) is 3.86. The normalized spacial score (nSPS) is 26.6. The number of likely N-dealkylation sites (N-methyl/N-ethyl adjacent to an activating group) is 1. The van der Waals surface area contributed by atoms with Crippen LogP contribution in [0, 0.1) is 0 Å². The lowest BCUT2D eigenvalue weighted by molar-refractivity contribution is 0.119. The summed E-state index contributed by atoms with van der Waals surface area (Å²) in [6, 6.07) is 1.42. The first kappa shape index (κ1) is 13.9. The van der Waals surface area contributed by atoms with Crippen molar-refractivity contribution in [1.29, 1.82) is 0 Å². The lowest BCUT2D eigenvalue weighted by Gasteiger charge is -2.36. The van der Waals surface area contributed by atoms with E-state index in [0.717, 1.165) is 19.0 Å². The first-order chi connectivity index (χ1) is 7.72. The fourth-order valence-electron chi connectivity index (χ4n) is 2.90. The van der Waals surface area contributed by atoms with Crippen LogP contribution in [0.5, 0.6) is 0 Å². The van der Waals surface area contributed by atoms with E-state index in [-0.39, 0.29) is 0 Å². The molecular weight excluding hydrogens is 198 g/mol. The van der Waals surface area contributed by atoms with E-state index < -0.39 is 0 Å². The van der Waals surface area contributed by atoms with Crippen molar-refractivity contribution in [2.24, 2.45) is 5.73 Å². The monoisotopic (exact) mass is 227 g/mol. The quantitative estimate of drug-likeness (QED) is 0.773. The molecule has 2 atom stereocenters. The molecule has 0 spiro atoms. The second-order valence-corrected chi connectivity index (χ2v) is 5.06. The summed E-state index contributed by atoms with van der Waals surface area (Å²) in [5.74, 6) is 0. The fourth-order valence-corrected chi connectivity index (χ4v) is 2.90. The second kappa shape index (κ2) is 7.25. The topological polar surface area (TPSA) is 32.5 Å². The van der Waals surface area contributed by atoms with Gasteiger partial charge in [0.25, 0.3) is 0 Å². The minimum atomic E-state index is 0.696. The summed E-state index contributed by atoms with van der Waals surface area (Å²) in [4.78, 5) is 5.19. The predicted molar refractivity (Wildman–Crippen MR) is 70.6 cm³/mol. The molecule has 0 aromatic rings. The Morgan fingerprint density at radius 3 is 2.62 bits per heavy atom. The Morgan fingerprint density at radius 2 is 2.06 bits per heavy atom. The van der Waals surface area contributed by atoms with Crippen LogP contribution in [0.1, 0.15) is 39.5 Å². The molecule has 96 valence electrons.